The van der Waals surface area contributed by atoms with E-state index >= 15 is 0 Å². The Morgan fingerprint density at radius 2 is 1.86 bits per heavy atom. The number of rotatable bonds is 2. The van der Waals surface area contributed by atoms with Gasteiger partial charge in [0.1, 0.15) is 0 Å². The normalized spacial score (nSPS) is 50.2. The standard InChI is InChI=1S/C25H36O4/c1-6-20(27)25-21(28-22(2,3)29-25)14-19-17-8-7-15-13-16(26)9-11-23(15,4)18(17)10-12-24(19,25)5/h13,17-19,21H,6-12,14H2,1-5H3/t17-,18-,19-,21-,23+,24+,25-/m1/s1. The lowest BCUT2D eigenvalue weighted by atomic mass is 9.46. The zero-order valence-electron chi connectivity index (χ0n) is 18.7. The summed E-state index contributed by atoms with van der Waals surface area (Å²) in [5.74, 6) is 1.49. The summed E-state index contributed by atoms with van der Waals surface area (Å²) in [6.07, 6.45) is 9.24. The molecule has 1 aliphatic heterocycles. The second-order valence-electron chi connectivity index (χ2n) is 11.3. The van der Waals surface area contributed by atoms with Crippen molar-refractivity contribution in [1.29, 1.82) is 0 Å². The molecule has 7 atom stereocenters. The van der Waals surface area contributed by atoms with E-state index in [0.717, 1.165) is 38.5 Å². The van der Waals surface area contributed by atoms with Crippen molar-refractivity contribution in [1.82, 2.24) is 0 Å². The van der Waals surface area contributed by atoms with Crippen LogP contribution in [0.2, 0.25) is 0 Å². The Labute approximate surface area is 174 Å². The Morgan fingerprint density at radius 3 is 2.59 bits per heavy atom. The molecule has 0 amide bonds. The Balaban J connectivity index is 1.54. The summed E-state index contributed by atoms with van der Waals surface area (Å²) in [6, 6.07) is 0. The maximum absolute atomic E-state index is 13.4. The minimum atomic E-state index is -0.791. The largest absolute Gasteiger partial charge is 0.344 e. The van der Waals surface area contributed by atoms with E-state index in [0.29, 0.717) is 36.4 Å². The van der Waals surface area contributed by atoms with Gasteiger partial charge in [-0.3, -0.25) is 9.59 Å². The van der Waals surface area contributed by atoms with Gasteiger partial charge < -0.3 is 9.47 Å². The van der Waals surface area contributed by atoms with Crippen LogP contribution in [-0.2, 0) is 19.1 Å². The summed E-state index contributed by atoms with van der Waals surface area (Å²) in [6.45, 7) is 10.6. The molecule has 4 heteroatoms. The fourth-order valence-corrected chi connectivity index (χ4v) is 8.43. The molecule has 0 aromatic carbocycles. The van der Waals surface area contributed by atoms with Crippen molar-refractivity contribution >= 4 is 11.6 Å². The van der Waals surface area contributed by atoms with Crippen LogP contribution in [0.5, 0.6) is 0 Å². The van der Waals surface area contributed by atoms with Gasteiger partial charge in [0.05, 0.1) is 6.10 Å². The van der Waals surface area contributed by atoms with Crippen LogP contribution in [0.4, 0.5) is 0 Å². The number of Topliss-reactive ketones (excluding diaryl/α,β-unsaturated/α-hetero) is 1. The Hall–Kier alpha value is -1.00. The number of ether oxygens (including phenoxy) is 2. The number of fused-ring (bicyclic) bond motifs is 7. The Morgan fingerprint density at radius 1 is 1.10 bits per heavy atom. The maximum atomic E-state index is 13.4. The average Bonchev–Trinajstić information content (AvgIpc) is 3.07. The number of hydrogen-bond donors (Lipinski definition) is 0. The molecule has 0 bridgehead atoms. The van der Waals surface area contributed by atoms with Crippen molar-refractivity contribution in [3.63, 3.8) is 0 Å². The molecule has 0 N–H and O–H groups in total. The van der Waals surface area contributed by atoms with Crippen LogP contribution >= 0.6 is 0 Å². The Bertz CT molecular complexity index is 797. The molecule has 5 rings (SSSR count). The van der Waals surface area contributed by atoms with Crippen LogP contribution in [0.25, 0.3) is 0 Å². The van der Waals surface area contributed by atoms with E-state index < -0.39 is 11.4 Å². The number of carbonyl (C=O) groups excluding carboxylic acids is 2. The fraction of sp³-hybridized carbons (Fsp3) is 0.840. The highest BCUT2D eigenvalue weighted by molar-refractivity contribution is 5.92. The van der Waals surface area contributed by atoms with Crippen molar-refractivity contribution in [2.75, 3.05) is 0 Å². The van der Waals surface area contributed by atoms with Gasteiger partial charge in [0.15, 0.2) is 23.0 Å². The average molecular weight is 401 g/mol. The molecule has 29 heavy (non-hydrogen) atoms. The SMILES string of the molecule is CCC(=O)[C@@]12OC(C)(C)O[C@@H]1C[C@@H]1[C@@H]3CCC4=CC(=O)CC[C@]4(C)[C@@H]3CC[C@@]12C. The summed E-state index contributed by atoms with van der Waals surface area (Å²) in [5, 5.41) is 0. The summed E-state index contributed by atoms with van der Waals surface area (Å²) >= 11 is 0. The third-order valence-electron chi connectivity index (χ3n) is 9.69. The van der Waals surface area contributed by atoms with Crippen LogP contribution in [0.1, 0.15) is 86.0 Å². The first-order valence-electron chi connectivity index (χ1n) is 11.7. The highest BCUT2D eigenvalue weighted by atomic mass is 16.8. The van der Waals surface area contributed by atoms with Gasteiger partial charge in [0.25, 0.3) is 0 Å². The molecule has 160 valence electrons. The van der Waals surface area contributed by atoms with Crippen molar-refractivity contribution < 1.29 is 19.1 Å². The lowest BCUT2D eigenvalue weighted by Crippen LogP contribution is -2.60. The van der Waals surface area contributed by atoms with Gasteiger partial charge in [-0.15, -0.1) is 0 Å². The first-order chi connectivity index (χ1) is 13.6. The van der Waals surface area contributed by atoms with Crippen LogP contribution in [0, 0.1) is 28.6 Å². The van der Waals surface area contributed by atoms with Crippen LogP contribution in [0.15, 0.2) is 11.6 Å². The molecular weight excluding hydrogens is 364 g/mol. The molecule has 1 saturated heterocycles. The van der Waals surface area contributed by atoms with Crippen LogP contribution in [-0.4, -0.2) is 29.1 Å². The van der Waals surface area contributed by atoms with E-state index in [-0.39, 0.29) is 22.7 Å². The summed E-state index contributed by atoms with van der Waals surface area (Å²) in [4.78, 5) is 25.5. The maximum Gasteiger partial charge on any atom is 0.167 e. The van der Waals surface area contributed by atoms with Gasteiger partial charge in [0, 0.05) is 18.3 Å². The van der Waals surface area contributed by atoms with E-state index in [1.807, 2.05) is 26.8 Å². The van der Waals surface area contributed by atoms with Gasteiger partial charge in [-0.25, -0.2) is 0 Å². The zero-order chi connectivity index (χ0) is 20.8. The van der Waals surface area contributed by atoms with Gasteiger partial charge in [-0.05, 0) is 81.6 Å². The first kappa shape index (κ1) is 19.9. The van der Waals surface area contributed by atoms with E-state index in [4.69, 9.17) is 9.47 Å². The smallest absolute Gasteiger partial charge is 0.167 e. The molecule has 0 unspecified atom stereocenters. The topological polar surface area (TPSA) is 52.6 Å². The van der Waals surface area contributed by atoms with Crippen molar-refractivity contribution in [2.24, 2.45) is 28.6 Å². The van der Waals surface area contributed by atoms with Crippen LogP contribution < -0.4 is 0 Å². The summed E-state index contributed by atoms with van der Waals surface area (Å²) in [5.41, 5.74) is 0.589. The molecule has 0 radical (unpaired) electrons. The number of allylic oxidation sites excluding steroid dienone is 1. The van der Waals surface area contributed by atoms with Crippen molar-refractivity contribution in [3.05, 3.63) is 11.6 Å². The van der Waals surface area contributed by atoms with E-state index in [2.05, 4.69) is 13.8 Å². The van der Waals surface area contributed by atoms with Gasteiger partial charge in [-0.2, -0.15) is 0 Å². The second-order valence-corrected chi connectivity index (χ2v) is 11.3. The Kier molecular flexibility index (Phi) is 4.15. The number of carbonyl (C=O) groups is 2. The number of hydrogen-bond acceptors (Lipinski definition) is 4. The molecule has 0 spiro atoms. The first-order valence-corrected chi connectivity index (χ1v) is 11.7. The third kappa shape index (κ3) is 2.39. The second kappa shape index (κ2) is 6.03. The lowest BCUT2D eigenvalue weighted by Gasteiger charge is -2.59. The quantitative estimate of drug-likeness (QED) is 0.655. The molecule has 4 aliphatic carbocycles. The fourth-order valence-electron chi connectivity index (χ4n) is 8.43. The zero-order valence-corrected chi connectivity index (χ0v) is 18.7. The van der Waals surface area contributed by atoms with E-state index in [9.17, 15) is 9.59 Å². The molecule has 4 nitrogen and oxygen atoms in total. The van der Waals surface area contributed by atoms with Crippen molar-refractivity contribution in [2.45, 2.75) is 103 Å². The molecular formula is C25H36O4. The van der Waals surface area contributed by atoms with Gasteiger partial charge in [-0.1, -0.05) is 26.3 Å². The van der Waals surface area contributed by atoms with Crippen LogP contribution in [0.3, 0.4) is 0 Å². The summed E-state index contributed by atoms with van der Waals surface area (Å²) < 4.78 is 13.0. The molecule has 1 heterocycles. The lowest BCUT2D eigenvalue weighted by molar-refractivity contribution is -0.214. The van der Waals surface area contributed by atoms with E-state index in [1.165, 1.54) is 5.57 Å². The predicted octanol–water partition coefficient (Wildman–Crippen LogP) is 5.00. The van der Waals surface area contributed by atoms with E-state index in [1.54, 1.807) is 0 Å². The van der Waals surface area contributed by atoms with Gasteiger partial charge >= 0.3 is 0 Å². The summed E-state index contributed by atoms with van der Waals surface area (Å²) in [7, 11) is 0. The molecule has 4 fully saturated rings. The monoisotopic (exact) mass is 400 g/mol. The highest BCUT2D eigenvalue weighted by Gasteiger charge is 2.75. The molecule has 5 aliphatic rings. The highest BCUT2D eigenvalue weighted by Crippen LogP contribution is 2.70. The molecule has 0 aromatic heterocycles. The molecule has 3 saturated carbocycles. The number of ketones is 2. The minimum Gasteiger partial charge on any atom is -0.344 e. The van der Waals surface area contributed by atoms with Gasteiger partial charge in [0.2, 0.25) is 0 Å². The third-order valence-corrected chi connectivity index (χ3v) is 9.69. The predicted molar refractivity (Wildman–Crippen MR) is 110 cm³/mol. The molecule has 0 aromatic rings. The minimum absolute atomic E-state index is 0.128. The van der Waals surface area contributed by atoms with Crippen molar-refractivity contribution in [3.8, 4) is 0 Å².